The zero-order chi connectivity index (χ0) is 8.48. The van der Waals surface area contributed by atoms with E-state index in [-0.39, 0.29) is 6.54 Å². The Balaban J connectivity index is 2.40. The number of hydrogen-bond donors (Lipinski definition) is 0. The van der Waals surface area contributed by atoms with E-state index in [4.69, 9.17) is 0 Å². The number of alkyl halides is 3. The fourth-order valence-electron chi connectivity index (χ4n) is 0.744. The van der Waals surface area contributed by atoms with Crippen LogP contribution in [0.25, 0.3) is 0 Å². The van der Waals surface area contributed by atoms with Crippen LogP contribution in [0.15, 0.2) is 4.99 Å². The first-order valence-corrected chi connectivity index (χ1v) is 2.95. The van der Waals surface area contributed by atoms with Gasteiger partial charge in [0.1, 0.15) is 0 Å². The molecule has 64 valence electrons. The van der Waals surface area contributed by atoms with Gasteiger partial charge in [0, 0.05) is 7.05 Å². The van der Waals surface area contributed by atoms with Gasteiger partial charge < -0.3 is 4.90 Å². The quantitative estimate of drug-likeness (QED) is 0.579. The number of nitrogens with zero attached hydrogens (tertiary/aromatic N) is 2. The van der Waals surface area contributed by atoms with Gasteiger partial charge in [-0.15, -0.1) is 13.2 Å². The molecule has 0 saturated heterocycles. The van der Waals surface area contributed by atoms with Gasteiger partial charge in [-0.25, -0.2) is 0 Å². The number of aliphatic imine (C=N–C) groups is 1. The average Bonchev–Trinajstić information content (AvgIpc) is 2.12. The molecule has 0 aliphatic carbocycles. The molecular weight excluding hydrogens is 161 g/mol. The van der Waals surface area contributed by atoms with Gasteiger partial charge in [-0.2, -0.15) is 0 Å². The average molecular weight is 168 g/mol. The summed E-state index contributed by atoms with van der Waals surface area (Å²) in [5.41, 5.74) is 0. The molecule has 0 aromatic heterocycles. The number of rotatable bonds is 1. The van der Waals surface area contributed by atoms with E-state index in [1.54, 1.807) is 0 Å². The summed E-state index contributed by atoms with van der Waals surface area (Å²) in [6.07, 6.45) is -4.25. The summed E-state index contributed by atoms with van der Waals surface area (Å²) in [7, 11) is 1.48. The molecule has 0 radical (unpaired) electrons. The third-order valence-electron chi connectivity index (χ3n) is 1.25. The molecule has 0 bridgehead atoms. The zero-order valence-corrected chi connectivity index (χ0v) is 5.80. The second kappa shape index (κ2) is 2.69. The Hall–Kier alpha value is -0.780. The first kappa shape index (κ1) is 8.32. The molecule has 1 rings (SSSR count). The molecule has 1 atom stereocenters. The molecule has 0 fully saturated rings. The minimum atomic E-state index is -4.58. The van der Waals surface area contributed by atoms with Crippen LogP contribution < -0.4 is 0 Å². The summed E-state index contributed by atoms with van der Waals surface area (Å²) in [4.78, 5) is 4.88. The van der Waals surface area contributed by atoms with Crippen molar-refractivity contribution in [3.05, 3.63) is 0 Å². The van der Waals surface area contributed by atoms with Gasteiger partial charge in [-0.3, -0.25) is 9.73 Å². The molecule has 1 unspecified atom stereocenters. The lowest BCUT2D eigenvalue weighted by Gasteiger charge is -2.20. The number of halogens is 3. The topological polar surface area (TPSA) is 24.8 Å². The lowest BCUT2D eigenvalue weighted by atomic mass is 10.5. The van der Waals surface area contributed by atoms with Crippen LogP contribution in [0.5, 0.6) is 0 Å². The van der Waals surface area contributed by atoms with Crippen molar-refractivity contribution in [2.45, 2.75) is 12.6 Å². The fourth-order valence-corrected chi connectivity index (χ4v) is 0.744. The third-order valence-corrected chi connectivity index (χ3v) is 1.25. The molecule has 0 aromatic carbocycles. The lowest BCUT2D eigenvalue weighted by molar-refractivity contribution is -0.351. The van der Waals surface area contributed by atoms with E-state index in [0.29, 0.717) is 0 Å². The number of ether oxygens (including phenoxy) is 1. The van der Waals surface area contributed by atoms with Crippen molar-refractivity contribution in [3.8, 4) is 0 Å². The Kier molecular flexibility index (Phi) is 2.03. The smallest absolute Gasteiger partial charge is 0.339 e. The highest BCUT2D eigenvalue weighted by atomic mass is 19.4. The van der Waals surface area contributed by atoms with Crippen molar-refractivity contribution in [1.82, 2.24) is 4.90 Å². The maximum atomic E-state index is 11.6. The molecule has 11 heavy (non-hydrogen) atoms. The Labute approximate surface area is 61.5 Å². The third kappa shape index (κ3) is 2.38. The van der Waals surface area contributed by atoms with Gasteiger partial charge in [-0.1, -0.05) is 0 Å². The van der Waals surface area contributed by atoms with Crippen molar-refractivity contribution in [2.24, 2.45) is 4.99 Å². The minimum Gasteiger partial charge on any atom is -0.339 e. The van der Waals surface area contributed by atoms with Crippen LogP contribution in [0.4, 0.5) is 13.2 Å². The number of hydrogen-bond acceptors (Lipinski definition) is 3. The maximum Gasteiger partial charge on any atom is 0.524 e. The van der Waals surface area contributed by atoms with Crippen LogP contribution in [0.1, 0.15) is 0 Å². The van der Waals surface area contributed by atoms with Crippen molar-refractivity contribution in [1.29, 1.82) is 0 Å². The molecule has 1 heterocycles. The molecule has 0 amide bonds. The molecule has 0 aromatic rings. The van der Waals surface area contributed by atoms with Crippen LogP contribution in [-0.4, -0.2) is 37.4 Å². The molecule has 1 aliphatic heterocycles. The first-order chi connectivity index (χ1) is 4.99. The Morgan fingerprint density at radius 3 is 2.64 bits per heavy atom. The van der Waals surface area contributed by atoms with E-state index in [2.05, 4.69) is 9.73 Å². The van der Waals surface area contributed by atoms with Gasteiger partial charge in [0.05, 0.1) is 12.9 Å². The highest BCUT2D eigenvalue weighted by Crippen LogP contribution is 2.20. The van der Waals surface area contributed by atoms with E-state index >= 15 is 0 Å². The first-order valence-electron chi connectivity index (χ1n) is 2.95. The lowest BCUT2D eigenvalue weighted by Crippen LogP contribution is -2.35. The Morgan fingerprint density at radius 1 is 1.64 bits per heavy atom. The molecule has 1 aliphatic rings. The van der Waals surface area contributed by atoms with Gasteiger partial charge in [0.15, 0.2) is 6.23 Å². The van der Waals surface area contributed by atoms with Gasteiger partial charge >= 0.3 is 6.36 Å². The van der Waals surface area contributed by atoms with E-state index in [1.165, 1.54) is 18.3 Å². The standard InChI is InChI=1S/C5H7F3N2O/c1-10-3-9-2-4(10)11-5(6,7)8/h3-4H,2H2,1H3. The van der Waals surface area contributed by atoms with Crippen LogP contribution in [0, 0.1) is 0 Å². The van der Waals surface area contributed by atoms with Crippen molar-refractivity contribution < 1.29 is 17.9 Å². The van der Waals surface area contributed by atoms with Crippen LogP contribution in [0.3, 0.4) is 0 Å². The highest BCUT2D eigenvalue weighted by molar-refractivity contribution is 5.56. The zero-order valence-electron chi connectivity index (χ0n) is 5.80. The fraction of sp³-hybridized carbons (Fsp3) is 0.800. The van der Waals surface area contributed by atoms with E-state index in [9.17, 15) is 13.2 Å². The summed E-state index contributed by atoms with van der Waals surface area (Å²) in [5, 5.41) is 0. The van der Waals surface area contributed by atoms with Crippen molar-refractivity contribution in [2.75, 3.05) is 13.6 Å². The predicted molar refractivity (Wildman–Crippen MR) is 32.0 cm³/mol. The highest BCUT2D eigenvalue weighted by Gasteiger charge is 2.35. The molecule has 0 spiro atoms. The summed E-state index contributed by atoms with van der Waals surface area (Å²) < 4.78 is 38.4. The predicted octanol–water partition coefficient (Wildman–Crippen LogP) is 0.823. The summed E-state index contributed by atoms with van der Waals surface area (Å²) in [6.45, 7) is 0.0377. The van der Waals surface area contributed by atoms with Crippen molar-refractivity contribution >= 4 is 6.34 Å². The second-order valence-electron chi connectivity index (χ2n) is 2.16. The van der Waals surface area contributed by atoms with Crippen LogP contribution in [0.2, 0.25) is 0 Å². The SMILES string of the molecule is CN1C=NCC1OC(F)(F)F. The second-order valence-corrected chi connectivity index (χ2v) is 2.16. The van der Waals surface area contributed by atoms with Gasteiger partial charge in [0.2, 0.25) is 0 Å². The van der Waals surface area contributed by atoms with Crippen molar-refractivity contribution in [3.63, 3.8) is 0 Å². The molecule has 3 nitrogen and oxygen atoms in total. The molecule has 6 heteroatoms. The van der Waals surface area contributed by atoms with Crippen LogP contribution in [-0.2, 0) is 4.74 Å². The molecular formula is C5H7F3N2O. The molecule has 0 saturated carbocycles. The Bertz CT molecular complexity index is 168. The van der Waals surface area contributed by atoms with E-state index in [1.807, 2.05) is 0 Å². The monoisotopic (exact) mass is 168 g/mol. The largest absolute Gasteiger partial charge is 0.524 e. The Morgan fingerprint density at radius 2 is 2.27 bits per heavy atom. The minimum absolute atomic E-state index is 0.0377. The molecule has 0 N–H and O–H groups in total. The number of likely N-dealkylation sites (N-methyl/N-ethyl adjacent to an activating group) is 1. The normalized spacial score (nSPS) is 24.7. The summed E-state index contributed by atoms with van der Waals surface area (Å²) in [6, 6.07) is 0. The van der Waals surface area contributed by atoms with Gasteiger partial charge in [0.25, 0.3) is 0 Å². The summed E-state index contributed by atoms with van der Waals surface area (Å²) in [5.74, 6) is 0. The van der Waals surface area contributed by atoms with E-state index < -0.39 is 12.6 Å². The summed E-state index contributed by atoms with van der Waals surface area (Å²) >= 11 is 0. The van der Waals surface area contributed by atoms with Crippen LogP contribution >= 0.6 is 0 Å². The maximum absolute atomic E-state index is 11.6. The van der Waals surface area contributed by atoms with Gasteiger partial charge in [-0.05, 0) is 0 Å². The van der Waals surface area contributed by atoms with E-state index in [0.717, 1.165) is 0 Å².